The van der Waals surface area contributed by atoms with Gasteiger partial charge >= 0.3 is 5.63 Å². The first kappa shape index (κ1) is 19.4. The first-order valence-electron chi connectivity index (χ1n) is 9.75. The maximum Gasteiger partial charge on any atom is 0.336 e. The van der Waals surface area contributed by atoms with Crippen molar-refractivity contribution in [2.45, 2.75) is 32.4 Å². The van der Waals surface area contributed by atoms with Crippen molar-refractivity contribution in [2.24, 2.45) is 0 Å². The lowest BCUT2D eigenvalue weighted by molar-refractivity contribution is 0.473. The standard InChI is InChI=1S/C24H23NO3S/c1-2-4-16-6-8-17(9-7-16)24(22-5-3-12-29-22)25-15-18-13-23(27)28-21-14-19(26)10-11-20(18)21/h3,5-14,24-26H,2,4,15H2,1H3/t24-/m0/s1. The maximum atomic E-state index is 12.0. The average Bonchev–Trinajstić information content (AvgIpc) is 3.23. The Kier molecular flexibility index (Phi) is 5.79. The van der Waals surface area contributed by atoms with Crippen molar-refractivity contribution in [3.63, 3.8) is 0 Å². The van der Waals surface area contributed by atoms with Crippen LogP contribution < -0.4 is 10.9 Å². The van der Waals surface area contributed by atoms with Crippen molar-refractivity contribution in [1.29, 1.82) is 0 Å². The zero-order valence-electron chi connectivity index (χ0n) is 16.2. The molecule has 0 fully saturated rings. The van der Waals surface area contributed by atoms with E-state index in [1.165, 1.54) is 28.1 Å². The van der Waals surface area contributed by atoms with E-state index in [-0.39, 0.29) is 11.8 Å². The van der Waals surface area contributed by atoms with Crippen LogP contribution in [0.4, 0.5) is 0 Å². The number of hydrogen-bond donors (Lipinski definition) is 2. The second-order valence-corrected chi connectivity index (χ2v) is 8.07. The molecule has 0 radical (unpaired) electrons. The molecule has 0 bridgehead atoms. The summed E-state index contributed by atoms with van der Waals surface area (Å²) in [5, 5.41) is 16.2. The molecule has 0 aliphatic carbocycles. The number of phenols is 1. The fourth-order valence-electron chi connectivity index (χ4n) is 3.58. The highest BCUT2D eigenvalue weighted by Crippen LogP contribution is 2.28. The molecule has 0 aliphatic heterocycles. The van der Waals surface area contributed by atoms with E-state index in [1.807, 2.05) is 0 Å². The summed E-state index contributed by atoms with van der Waals surface area (Å²) in [5.41, 5.74) is 3.35. The maximum absolute atomic E-state index is 12.0. The Morgan fingerprint density at radius 3 is 2.66 bits per heavy atom. The fourth-order valence-corrected chi connectivity index (χ4v) is 4.41. The Hall–Kier alpha value is -2.89. The Labute approximate surface area is 173 Å². The van der Waals surface area contributed by atoms with Crippen LogP contribution in [0, 0.1) is 0 Å². The quantitative estimate of drug-likeness (QED) is 0.405. The van der Waals surface area contributed by atoms with E-state index in [1.54, 1.807) is 23.5 Å². The molecule has 0 unspecified atom stereocenters. The smallest absolute Gasteiger partial charge is 0.336 e. The number of hydrogen-bond acceptors (Lipinski definition) is 5. The van der Waals surface area contributed by atoms with Crippen LogP contribution in [0.2, 0.25) is 0 Å². The molecule has 0 spiro atoms. The molecule has 4 aromatic rings. The molecule has 4 rings (SSSR count). The van der Waals surface area contributed by atoms with Gasteiger partial charge in [0.25, 0.3) is 0 Å². The first-order chi connectivity index (χ1) is 14.1. The largest absolute Gasteiger partial charge is 0.508 e. The van der Waals surface area contributed by atoms with Crippen LogP contribution in [-0.2, 0) is 13.0 Å². The number of nitrogens with one attached hydrogen (secondary N) is 1. The molecule has 4 nitrogen and oxygen atoms in total. The lowest BCUT2D eigenvalue weighted by Gasteiger charge is -2.19. The summed E-state index contributed by atoms with van der Waals surface area (Å²) in [6.07, 6.45) is 2.21. The summed E-state index contributed by atoms with van der Waals surface area (Å²) >= 11 is 1.71. The second-order valence-electron chi connectivity index (χ2n) is 7.09. The van der Waals surface area contributed by atoms with Gasteiger partial charge in [0, 0.05) is 28.9 Å². The predicted molar refractivity (Wildman–Crippen MR) is 118 cm³/mol. The minimum Gasteiger partial charge on any atom is -0.508 e. The zero-order chi connectivity index (χ0) is 20.2. The summed E-state index contributed by atoms with van der Waals surface area (Å²) in [7, 11) is 0. The van der Waals surface area contributed by atoms with E-state index in [9.17, 15) is 9.90 Å². The monoisotopic (exact) mass is 405 g/mol. The molecule has 5 heteroatoms. The molecule has 0 aliphatic rings. The average molecular weight is 406 g/mol. The number of phenolic OH excluding ortho intramolecular Hbond substituents is 1. The minimum atomic E-state index is -0.420. The summed E-state index contributed by atoms with van der Waals surface area (Å²) in [4.78, 5) is 13.2. The molecule has 2 aromatic heterocycles. The molecule has 148 valence electrons. The number of aryl methyl sites for hydroxylation is 1. The topological polar surface area (TPSA) is 62.5 Å². The molecule has 1 atom stereocenters. The van der Waals surface area contributed by atoms with Crippen molar-refractivity contribution in [1.82, 2.24) is 5.32 Å². The Balaban J connectivity index is 1.64. The van der Waals surface area contributed by atoms with Crippen molar-refractivity contribution in [3.8, 4) is 5.75 Å². The van der Waals surface area contributed by atoms with Gasteiger partial charge in [0.2, 0.25) is 0 Å². The molecule has 0 saturated carbocycles. The van der Waals surface area contributed by atoms with E-state index >= 15 is 0 Å². The summed E-state index contributed by atoms with van der Waals surface area (Å²) < 4.78 is 5.24. The number of aromatic hydroxyl groups is 1. The zero-order valence-corrected chi connectivity index (χ0v) is 17.0. The van der Waals surface area contributed by atoms with Crippen LogP contribution in [0.3, 0.4) is 0 Å². The summed E-state index contributed by atoms with van der Waals surface area (Å²) in [6, 6.07) is 19.3. The normalized spacial score (nSPS) is 12.3. The highest BCUT2D eigenvalue weighted by molar-refractivity contribution is 7.10. The number of rotatable bonds is 7. The molecule has 0 amide bonds. The molecule has 29 heavy (non-hydrogen) atoms. The molecule has 2 heterocycles. The van der Waals surface area contributed by atoms with Gasteiger partial charge < -0.3 is 14.8 Å². The van der Waals surface area contributed by atoms with Crippen molar-refractivity contribution >= 4 is 22.3 Å². The SMILES string of the molecule is CCCc1ccc([C@H](NCc2cc(=O)oc3cc(O)ccc23)c2cccs2)cc1. The van der Waals surface area contributed by atoms with Crippen molar-refractivity contribution < 1.29 is 9.52 Å². The lowest BCUT2D eigenvalue weighted by atomic mass is 10.0. The van der Waals surface area contributed by atoms with E-state index in [0.29, 0.717) is 12.1 Å². The van der Waals surface area contributed by atoms with Gasteiger partial charge in [0.15, 0.2) is 0 Å². The predicted octanol–water partition coefficient (Wildman–Crippen LogP) is 5.39. The van der Waals surface area contributed by atoms with Gasteiger partial charge in [0.05, 0.1) is 6.04 Å². The van der Waals surface area contributed by atoms with Gasteiger partial charge in [-0.1, -0.05) is 43.7 Å². The highest BCUT2D eigenvalue weighted by atomic mass is 32.1. The summed E-state index contributed by atoms with van der Waals surface area (Å²) in [6.45, 7) is 2.69. The molecule has 2 aromatic carbocycles. The van der Waals surface area contributed by atoms with Crippen LogP contribution >= 0.6 is 11.3 Å². The number of thiophene rings is 1. The molecule has 0 saturated heterocycles. The fraction of sp³-hybridized carbons (Fsp3) is 0.208. The van der Waals surface area contributed by atoms with Gasteiger partial charge in [-0.2, -0.15) is 0 Å². The van der Waals surface area contributed by atoms with Gasteiger partial charge in [-0.25, -0.2) is 4.79 Å². The van der Waals surface area contributed by atoms with E-state index in [0.717, 1.165) is 23.8 Å². The Morgan fingerprint density at radius 1 is 1.10 bits per heavy atom. The minimum absolute atomic E-state index is 0.0325. The van der Waals surface area contributed by atoms with E-state index in [2.05, 4.69) is 54.0 Å². The Bertz CT molecular complexity index is 1150. The van der Waals surface area contributed by atoms with Crippen LogP contribution in [0.5, 0.6) is 5.75 Å². The van der Waals surface area contributed by atoms with Gasteiger partial charge in [-0.3, -0.25) is 0 Å². The van der Waals surface area contributed by atoms with Crippen LogP contribution in [0.25, 0.3) is 11.0 Å². The Morgan fingerprint density at radius 2 is 1.93 bits per heavy atom. The second kappa shape index (κ2) is 8.64. The van der Waals surface area contributed by atoms with Crippen molar-refractivity contribution in [3.05, 3.63) is 98.0 Å². The highest BCUT2D eigenvalue weighted by Gasteiger charge is 2.16. The third kappa shape index (κ3) is 4.42. The third-order valence-electron chi connectivity index (χ3n) is 4.99. The molecular formula is C24H23NO3S. The van der Waals surface area contributed by atoms with E-state index < -0.39 is 5.63 Å². The van der Waals surface area contributed by atoms with Gasteiger partial charge in [0.1, 0.15) is 11.3 Å². The van der Waals surface area contributed by atoms with Gasteiger partial charge in [-0.15, -0.1) is 11.3 Å². The summed E-state index contributed by atoms with van der Waals surface area (Å²) in [5.74, 6) is 0.0781. The van der Waals surface area contributed by atoms with Crippen molar-refractivity contribution in [2.75, 3.05) is 0 Å². The number of fused-ring (bicyclic) bond motifs is 1. The first-order valence-corrected chi connectivity index (χ1v) is 10.6. The van der Waals surface area contributed by atoms with Crippen LogP contribution in [0.1, 0.15) is 41.0 Å². The third-order valence-corrected chi connectivity index (χ3v) is 5.93. The van der Waals surface area contributed by atoms with Crippen LogP contribution in [0.15, 0.2) is 75.3 Å². The molecule has 2 N–H and O–H groups in total. The lowest BCUT2D eigenvalue weighted by Crippen LogP contribution is -2.22. The molecular weight excluding hydrogens is 382 g/mol. The van der Waals surface area contributed by atoms with E-state index in [4.69, 9.17) is 4.42 Å². The number of benzene rings is 2. The van der Waals surface area contributed by atoms with Gasteiger partial charge in [-0.05, 0) is 46.7 Å². The van der Waals surface area contributed by atoms with Crippen LogP contribution in [-0.4, -0.2) is 5.11 Å².